The lowest BCUT2D eigenvalue weighted by atomic mass is 10.3. The zero-order chi connectivity index (χ0) is 8.53. The molecule has 0 saturated heterocycles. The van der Waals surface area contributed by atoms with E-state index in [-0.39, 0.29) is 12.6 Å². The van der Waals surface area contributed by atoms with Crippen LogP contribution in [0.5, 0.6) is 0 Å². The molecule has 0 saturated carbocycles. The molecular formula is C7H13N2O2. The first-order valence-corrected chi connectivity index (χ1v) is 3.68. The minimum Gasteiger partial charge on any atom is -0.338 e. The molecule has 0 aromatic heterocycles. The van der Waals surface area contributed by atoms with Crippen molar-refractivity contribution in [3.63, 3.8) is 0 Å². The molecule has 0 aliphatic heterocycles. The molecule has 0 rings (SSSR count). The van der Waals surface area contributed by atoms with Gasteiger partial charge in [-0.05, 0) is 6.42 Å². The monoisotopic (exact) mass is 157 g/mol. The third-order valence-electron chi connectivity index (χ3n) is 1.14. The molecule has 0 aliphatic rings. The molecule has 0 aliphatic carbocycles. The Bertz CT molecular complexity index is 126. The number of hydrogen-bond acceptors (Lipinski definition) is 2. The summed E-state index contributed by atoms with van der Waals surface area (Å²) >= 11 is 0. The van der Waals surface area contributed by atoms with Crippen molar-refractivity contribution in [2.45, 2.75) is 19.8 Å². The topological polar surface area (TPSA) is 58.2 Å². The molecule has 0 bridgehead atoms. The van der Waals surface area contributed by atoms with Gasteiger partial charge in [-0.25, -0.2) is 4.79 Å². The predicted molar refractivity (Wildman–Crippen MR) is 42.0 cm³/mol. The van der Waals surface area contributed by atoms with Crippen LogP contribution < -0.4 is 10.6 Å². The Morgan fingerprint density at radius 1 is 1.45 bits per heavy atom. The zero-order valence-electron chi connectivity index (χ0n) is 6.64. The number of hydrogen-bond donors (Lipinski definition) is 2. The van der Waals surface area contributed by atoms with Gasteiger partial charge < -0.3 is 10.6 Å². The fourth-order valence-corrected chi connectivity index (χ4v) is 0.558. The van der Waals surface area contributed by atoms with Gasteiger partial charge in [0.25, 0.3) is 0 Å². The molecule has 0 aromatic rings. The molecule has 0 spiro atoms. The number of rotatable bonds is 5. The van der Waals surface area contributed by atoms with Crippen molar-refractivity contribution in [3.8, 4) is 0 Å². The summed E-state index contributed by atoms with van der Waals surface area (Å²) in [6, 6.07) is -0.304. The Balaban J connectivity index is 3.15. The van der Waals surface area contributed by atoms with Crippen molar-refractivity contribution in [1.82, 2.24) is 10.6 Å². The van der Waals surface area contributed by atoms with E-state index in [1.807, 2.05) is 6.92 Å². The maximum atomic E-state index is 10.7. The molecule has 0 atom stereocenters. The number of carbonyl (C=O) groups excluding carboxylic acids is 2. The highest BCUT2D eigenvalue weighted by molar-refractivity contribution is 5.76. The van der Waals surface area contributed by atoms with Crippen LogP contribution in [0.25, 0.3) is 0 Å². The van der Waals surface area contributed by atoms with Crippen molar-refractivity contribution in [2.24, 2.45) is 0 Å². The number of nitrogens with one attached hydrogen (secondary N) is 2. The summed E-state index contributed by atoms with van der Waals surface area (Å²) in [7, 11) is 0. The largest absolute Gasteiger partial charge is 0.338 e. The summed E-state index contributed by atoms with van der Waals surface area (Å²) in [6.45, 7) is 2.65. The summed E-state index contributed by atoms with van der Waals surface area (Å²) < 4.78 is 0. The van der Waals surface area contributed by atoms with Crippen LogP contribution in [0.15, 0.2) is 0 Å². The lowest BCUT2D eigenvalue weighted by molar-refractivity contribution is 0.242. The molecule has 2 N–H and O–H groups in total. The second-order valence-electron chi connectivity index (χ2n) is 2.11. The molecule has 0 unspecified atom stereocenters. The third kappa shape index (κ3) is 6.83. The van der Waals surface area contributed by atoms with E-state index in [4.69, 9.17) is 0 Å². The van der Waals surface area contributed by atoms with Gasteiger partial charge in [0.15, 0.2) is 0 Å². The maximum Gasteiger partial charge on any atom is 0.315 e. The van der Waals surface area contributed by atoms with Crippen LogP contribution in [0.3, 0.4) is 0 Å². The molecule has 11 heavy (non-hydrogen) atoms. The second-order valence-corrected chi connectivity index (χ2v) is 2.11. The lowest BCUT2D eigenvalue weighted by Crippen LogP contribution is -2.36. The van der Waals surface area contributed by atoms with Gasteiger partial charge in [0, 0.05) is 6.54 Å². The maximum absolute atomic E-state index is 10.7. The SMILES string of the molecule is CCCCNC(=O)NC[C]=O. The average Bonchev–Trinajstić information content (AvgIpc) is 2.01. The molecular weight excluding hydrogens is 144 g/mol. The number of carbonyl (C=O) groups is 1. The van der Waals surface area contributed by atoms with Crippen molar-refractivity contribution < 1.29 is 9.59 Å². The lowest BCUT2D eigenvalue weighted by Gasteiger charge is -2.02. The molecule has 0 heterocycles. The third-order valence-corrected chi connectivity index (χ3v) is 1.14. The van der Waals surface area contributed by atoms with Crippen molar-refractivity contribution in [3.05, 3.63) is 0 Å². The second kappa shape index (κ2) is 7.05. The summed E-state index contributed by atoms with van der Waals surface area (Å²) in [4.78, 5) is 20.3. The van der Waals surface area contributed by atoms with Crippen LogP contribution >= 0.6 is 0 Å². The van der Waals surface area contributed by atoms with Crippen molar-refractivity contribution in [2.75, 3.05) is 13.1 Å². The van der Waals surface area contributed by atoms with Crippen molar-refractivity contribution >= 4 is 12.3 Å². The standard InChI is InChI=1S/C7H13N2O2/c1-2-3-4-8-7(11)9-5-6-10/h2-5H2,1H3,(H2,8,9,11). The van der Waals surface area contributed by atoms with Gasteiger partial charge in [0.1, 0.15) is 0 Å². The first-order chi connectivity index (χ1) is 5.31. The van der Waals surface area contributed by atoms with Gasteiger partial charge in [-0.1, -0.05) is 13.3 Å². The number of unbranched alkanes of at least 4 members (excludes halogenated alkanes) is 1. The summed E-state index contributed by atoms with van der Waals surface area (Å²) in [6.07, 6.45) is 3.57. The van der Waals surface area contributed by atoms with Crippen LogP contribution in [-0.2, 0) is 4.79 Å². The molecule has 1 radical (unpaired) electrons. The highest BCUT2D eigenvalue weighted by Crippen LogP contribution is 1.81. The van der Waals surface area contributed by atoms with Crippen LogP contribution in [0.1, 0.15) is 19.8 Å². The molecule has 4 nitrogen and oxygen atoms in total. The van der Waals surface area contributed by atoms with E-state index >= 15 is 0 Å². The van der Waals surface area contributed by atoms with E-state index in [1.54, 1.807) is 6.29 Å². The van der Waals surface area contributed by atoms with Gasteiger partial charge in [0.05, 0.1) is 6.54 Å². The highest BCUT2D eigenvalue weighted by Gasteiger charge is 1.95. The zero-order valence-corrected chi connectivity index (χ0v) is 6.64. The van der Waals surface area contributed by atoms with Crippen molar-refractivity contribution in [1.29, 1.82) is 0 Å². The van der Waals surface area contributed by atoms with E-state index in [1.165, 1.54) is 0 Å². The van der Waals surface area contributed by atoms with Gasteiger partial charge >= 0.3 is 6.03 Å². The Morgan fingerprint density at radius 3 is 2.73 bits per heavy atom. The molecule has 63 valence electrons. The molecule has 2 amide bonds. The first kappa shape index (κ1) is 9.94. The fraction of sp³-hybridized carbons (Fsp3) is 0.714. The van der Waals surface area contributed by atoms with E-state index < -0.39 is 0 Å². The Morgan fingerprint density at radius 2 is 2.18 bits per heavy atom. The average molecular weight is 157 g/mol. The Kier molecular flexibility index (Phi) is 6.37. The smallest absolute Gasteiger partial charge is 0.315 e. The van der Waals surface area contributed by atoms with Gasteiger partial charge in [-0.15, -0.1) is 0 Å². The normalized spacial score (nSPS) is 8.82. The van der Waals surface area contributed by atoms with Gasteiger partial charge in [-0.2, -0.15) is 0 Å². The summed E-state index contributed by atoms with van der Waals surface area (Å²) in [5.41, 5.74) is 0. The van der Waals surface area contributed by atoms with E-state index in [9.17, 15) is 9.59 Å². The number of amides is 2. The number of urea groups is 1. The van der Waals surface area contributed by atoms with Gasteiger partial charge in [0.2, 0.25) is 6.29 Å². The molecule has 0 aromatic carbocycles. The van der Waals surface area contributed by atoms with E-state index in [0.717, 1.165) is 12.8 Å². The van der Waals surface area contributed by atoms with Gasteiger partial charge in [-0.3, -0.25) is 4.79 Å². The highest BCUT2D eigenvalue weighted by atomic mass is 16.2. The Labute approximate surface area is 66.4 Å². The molecule has 0 fully saturated rings. The Hall–Kier alpha value is -1.06. The van der Waals surface area contributed by atoms with Crippen LogP contribution in [0.2, 0.25) is 0 Å². The summed E-state index contributed by atoms with van der Waals surface area (Å²) in [5.74, 6) is 0. The van der Waals surface area contributed by atoms with E-state index in [2.05, 4.69) is 10.6 Å². The molecule has 4 heteroatoms. The quantitative estimate of drug-likeness (QED) is 0.560. The first-order valence-electron chi connectivity index (χ1n) is 3.68. The van der Waals surface area contributed by atoms with Crippen LogP contribution in [-0.4, -0.2) is 25.4 Å². The van der Waals surface area contributed by atoms with Crippen LogP contribution in [0.4, 0.5) is 4.79 Å². The van der Waals surface area contributed by atoms with Crippen LogP contribution in [0, 0.1) is 0 Å². The predicted octanol–water partition coefficient (Wildman–Crippen LogP) is 0.195. The fourth-order valence-electron chi connectivity index (χ4n) is 0.558. The minimum absolute atomic E-state index is 0.0437. The minimum atomic E-state index is -0.304. The van der Waals surface area contributed by atoms with E-state index in [0.29, 0.717) is 6.54 Å². The summed E-state index contributed by atoms with van der Waals surface area (Å²) in [5, 5.41) is 4.91.